The van der Waals surface area contributed by atoms with Gasteiger partial charge in [0.25, 0.3) is 0 Å². The molecular formula is C10H15ClN2O. The van der Waals surface area contributed by atoms with Gasteiger partial charge in [-0.15, -0.1) is 0 Å². The summed E-state index contributed by atoms with van der Waals surface area (Å²) in [4.78, 5) is 4.02. The Bertz CT molecular complexity index is 304. The van der Waals surface area contributed by atoms with Crippen molar-refractivity contribution in [1.82, 2.24) is 4.98 Å². The number of aliphatic hydroxyl groups is 1. The highest BCUT2D eigenvalue weighted by Gasteiger charge is 2.22. The second kappa shape index (κ2) is 4.73. The molecule has 0 aromatic carbocycles. The maximum absolute atomic E-state index is 9.87. The van der Waals surface area contributed by atoms with Crippen LogP contribution in [0, 0.1) is 5.92 Å². The second-order valence-corrected chi connectivity index (χ2v) is 4.04. The second-order valence-electron chi connectivity index (χ2n) is 3.64. The third-order valence-corrected chi connectivity index (χ3v) is 2.52. The number of halogens is 1. The Balaban J connectivity index is 2.89. The van der Waals surface area contributed by atoms with Crippen LogP contribution in [0.3, 0.4) is 0 Å². The molecule has 3 N–H and O–H groups in total. The minimum atomic E-state index is -0.802. The number of rotatable bonds is 3. The molecule has 0 saturated heterocycles. The van der Waals surface area contributed by atoms with Crippen LogP contribution in [-0.2, 0) is 0 Å². The van der Waals surface area contributed by atoms with Gasteiger partial charge in [-0.25, -0.2) is 0 Å². The minimum Gasteiger partial charge on any atom is -0.385 e. The standard InChI is InChI=1S/C10H15ClN2O/c1-6(2)8(12)10(14)9-7(11)4-3-5-13-9/h3-6,8,10,14H,12H2,1-2H3/t8-,10+/m0/s1. The maximum Gasteiger partial charge on any atom is 0.113 e. The van der Waals surface area contributed by atoms with Gasteiger partial charge in [0.15, 0.2) is 0 Å². The molecule has 1 aromatic heterocycles. The molecule has 0 aliphatic rings. The number of aliphatic hydroxyl groups excluding tert-OH is 1. The molecule has 1 heterocycles. The predicted octanol–water partition coefficient (Wildman–Crippen LogP) is 1.75. The Labute approximate surface area is 88.9 Å². The van der Waals surface area contributed by atoms with E-state index in [1.165, 1.54) is 0 Å². The van der Waals surface area contributed by atoms with Crippen molar-refractivity contribution in [3.8, 4) is 0 Å². The first-order valence-corrected chi connectivity index (χ1v) is 4.96. The molecule has 14 heavy (non-hydrogen) atoms. The van der Waals surface area contributed by atoms with Gasteiger partial charge >= 0.3 is 0 Å². The Morgan fingerprint density at radius 3 is 2.64 bits per heavy atom. The van der Waals surface area contributed by atoms with Crippen LogP contribution in [0.4, 0.5) is 0 Å². The van der Waals surface area contributed by atoms with Crippen LogP contribution >= 0.6 is 11.6 Å². The van der Waals surface area contributed by atoms with Gasteiger partial charge in [0, 0.05) is 12.2 Å². The van der Waals surface area contributed by atoms with Crippen LogP contribution in [0.25, 0.3) is 0 Å². The van der Waals surface area contributed by atoms with E-state index in [0.29, 0.717) is 10.7 Å². The average Bonchev–Trinajstić information content (AvgIpc) is 2.16. The molecule has 0 fully saturated rings. The summed E-state index contributed by atoms with van der Waals surface area (Å²) in [6.45, 7) is 3.90. The first-order chi connectivity index (χ1) is 6.54. The van der Waals surface area contributed by atoms with E-state index in [-0.39, 0.29) is 12.0 Å². The van der Waals surface area contributed by atoms with Gasteiger partial charge < -0.3 is 10.8 Å². The number of nitrogens with zero attached hydrogens (tertiary/aromatic N) is 1. The molecule has 0 unspecified atom stereocenters. The van der Waals surface area contributed by atoms with Crippen molar-refractivity contribution in [3.63, 3.8) is 0 Å². The third-order valence-electron chi connectivity index (χ3n) is 2.20. The number of nitrogens with two attached hydrogens (primary N) is 1. The summed E-state index contributed by atoms with van der Waals surface area (Å²) in [5, 5.41) is 10.3. The molecule has 0 aliphatic carbocycles. The molecule has 0 aliphatic heterocycles. The smallest absolute Gasteiger partial charge is 0.113 e. The molecule has 0 spiro atoms. The van der Waals surface area contributed by atoms with Crippen molar-refractivity contribution < 1.29 is 5.11 Å². The van der Waals surface area contributed by atoms with E-state index in [4.69, 9.17) is 17.3 Å². The van der Waals surface area contributed by atoms with Gasteiger partial charge in [-0.2, -0.15) is 0 Å². The Morgan fingerprint density at radius 2 is 2.14 bits per heavy atom. The Hall–Kier alpha value is -0.640. The average molecular weight is 215 g/mol. The van der Waals surface area contributed by atoms with Crippen molar-refractivity contribution in [3.05, 3.63) is 29.0 Å². The van der Waals surface area contributed by atoms with Crippen LogP contribution < -0.4 is 5.73 Å². The molecular weight excluding hydrogens is 200 g/mol. The molecule has 4 heteroatoms. The Morgan fingerprint density at radius 1 is 1.50 bits per heavy atom. The van der Waals surface area contributed by atoms with Gasteiger partial charge in [0.05, 0.1) is 10.7 Å². The zero-order chi connectivity index (χ0) is 10.7. The lowest BCUT2D eigenvalue weighted by Crippen LogP contribution is -2.34. The van der Waals surface area contributed by atoms with E-state index in [2.05, 4.69) is 4.98 Å². The molecule has 78 valence electrons. The Kier molecular flexibility index (Phi) is 3.86. The van der Waals surface area contributed by atoms with Crippen LogP contribution in [0.5, 0.6) is 0 Å². The van der Waals surface area contributed by atoms with E-state index >= 15 is 0 Å². The molecule has 0 radical (unpaired) electrons. The fourth-order valence-corrected chi connectivity index (χ4v) is 1.40. The van der Waals surface area contributed by atoms with E-state index in [1.54, 1.807) is 18.3 Å². The van der Waals surface area contributed by atoms with E-state index < -0.39 is 6.10 Å². The van der Waals surface area contributed by atoms with Gasteiger partial charge in [0.2, 0.25) is 0 Å². The van der Waals surface area contributed by atoms with Crippen LogP contribution in [0.1, 0.15) is 25.6 Å². The summed E-state index contributed by atoms with van der Waals surface area (Å²) in [5.74, 6) is 0.183. The lowest BCUT2D eigenvalue weighted by Gasteiger charge is -2.22. The summed E-state index contributed by atoms with van der Waals surface area (Å²) in [6, 6.07) is 3.07. The zero-order valence-corrected chi connectivity index (χ0v) is 9.07. The SMILES string of the molecule is CC(C)[C@H](N)[C@@H](O)c1ncccc1Cl. The molecule has 0 bridgehead atoms. The van der Waals surface area contributed by atoms with Crippen molar-refractivity contribution in [2.75, 3.05) is 0 Å². The van der Waals surface area contributed by atoms with Crippen molar-refractivity contribution >= 4 is 11.6 Å². The van der Waals surface area contributed by atoms with E-state index in [1.807, 2.05) is 13.8 Å². The summed E-state index contributed by atoms with van der Waals surface area (Å²) < 4.78 is 0. The predicted molar refractivity (Wildman–Crippen MR) is 57.0 cm³/mol. The topological polar surface area (TPSA) is 59.1 Å². The normalized spacial score (nSPS) is 15.6. The summed E-state index contributed by atoms with van der Waals surface area (Å²) in [5.41, 5.74) is 6.27. The van der Waals surface area contributed by atoms with Gasteiger partial charge in [-0.3, -0.25) is 4.98 Å². The number of hydrogen-bond donors (Lipinski definition) is 2. The van der Waals surface area contributed by atoms with Gasteiger partial charge in [-0.1, -0.05) is 25.4 Å². The largest absolute Gasteiger partial charge is 0.385 e. The molecule has 1 rings (SSSR count). The number of hydrogen-bond acceptors (Lipinski definition) is 3. The molecule has 0 amide bonds. The highest BCUT2D eigenvalue weighted by molar-refractivity contribution is 6.31. The van der Waals surface area contributed by atoms with Gasteiger partial charge in [0.1, 0.15) is 6.10 Å². The lowest BCUT2D eigenvalue weighted by molar-refractivity contribution is 0.121. The third kappa shape index (κ3) is 2.44. The highest BCUT2D eigenvalue weighted by atomic mass is 35.5. The first-order valence-electron chi connectivity index (χ1n) is 4.58. The molecule has 3 nitrogen and oxygen atoms in total. The van der Waals surface area contributed by atoms with Crippen LogP contribution in [0.15, 0.2) is 18.3 Å². The number of pyridine rings is 1. The fourth-order valence-electron chi connectivity index (χ4n) is 1.16. The van der Waals surface area contributed by atoms with Crippen molar-refractivity contribution in [2.24, 2.45) is 11.7 Å². The van der Waals surface area contributed by atoms with E-state index in [0.717, 1.165) is 0 Å². The van der Waals surface area contributed by atoms with Crippen molar-refractivity contribution in [2.45, 2.75) is 26.0 Å². The van der Waals surface area contributed by atoms with Gasteiger partial charge in [-0.05, 0) is 18.1 Å². The summed E-state index contributed by atoms with van der Waals surface area (Å²) in [7, 11) is 0. The zero-order valence-electron chi connectivity index (χ0n) is 8.31. The quantitative estimate of drug-likeness (QED) is 0.806. The summed E-state index contributed by atoms with van der Waals surface area (Å²) >= 11 is 5.89. The number of aromatic nitrogens is 1. The minimum absolute atomic E-state index is 0.183. The molecule has 1 aromatic rings. The summed E-state index contributed by atoms with van der Waals surface area (Å²) in [6.07, 6.45) is 0.793. The van der Waals surface area contributed by atoms with E-state index in [9.17, 15) is 5.11 Å². The maximum atomic E-state index is 9.87. The van der Waals surface area contributed by atoms with Crippen LogP contribution in [-0.4, -0.2) is 16.1 Å². The van der Waals surface area contributed by atoms with Crippen molar-refractivity contribution in [1.29, 1.82) is 0 Å². The fraction of sp³-hybridized carbons (Fsp3) is 0.500. The molecule has 2 atom stereocenters. The van der Waals surface area contributed by atoms with Crippen LogP contribution in [0.2, 0.25) is 5.02 Å². The molecule has 0 saturated carbocycles. The monoisotopic (exact) mass is 214 g/mol. The first kappa shape index (κ1) is 11.4. The lowest BCUT2D eigenvalue weighted by atomic mass is 9.97. The highest BCUT2D eigenvalue weighted by Crippen LogP contribution is 2.24.